The second kappa shape index (κ2) is 9.17. The lowest BCUT2D eigenvalue weighted by Gasteiger charge is -2.12. The molecule has 0 radical (unpaired) electrons. The molecule has 0 heterocycles. The Morgan fingerprint density at radius 3 is 2.54 bits per heavy atom. The number of fused-ring (bicyclic) bond motifs is 1. The highest BCUT2D eigenvalue weighted by Gasteiger charge is 2.08. The molecule has 0 spiro atoms. The van der Waals surface area contributed by atoms with Gasteiger partial charge in [0.15, 0.2) is 11.6 Å². The predicted octanol–water partition coefficient (Wildman–Crippen LogP) is 2.36. The van der Waals surface area contributed by atoms with Gasteiger partial charge in [0.05, 0.1) is 0 Å². The Kier molecular flexibility index (Phi) is 6.41. The van der Waals surface area contributed by atoms with E-state index in [1.54, 1.807) is 18.2 Å². The molecule has 0 saturated heterocycles. The van der Waals surface area contributed by atoms with Gasteiger partial charge in [-0.15, -0.1) is 0 Å². The molecule has 0 aliphatic heterocycles. The van der Waals surface area contributed by atoms with Crippen LogP contribution in [-0.2, 0) is 0 Å². The number of benzene rings is 3. The summed E-state index contributed by atoms with van der Waals surface area (Å²) >= 11 is 0. The first-order valence-corrected chi connectivity index (χ1v) is 8.71. The van der Waals surface area contributed by atoms with Crippen LogP contribution in [0.15, 0.2) is 66.7 Å². The van der Waals surface area contributed by atoms with Crippen molar-refractivity contribution in [2.75, 3.05) is 26.3 Å². The van der Waals surface area contributed by atoms with Crippen molar-refractivity contribution in [1.82, 2.24) is 0 Å². The molecule has 3 rings (SSSR count). The van der Waals surface area contributed by atoms with Crippen LogP contribution in [0.2, 0.25) is 0 Å². The molecule has 0 saturated carbocycles. The SMILES string of the molecule is O[C@H](C[NH2+]CCOc1ccccc1F)COc1ccc2ccccc2c1. The summed E-state index contributed by atoms with van der Waals surface area (Å²) in [6.45, 7) is 1.72. The number of hydrogen-bond acceptors (Lipinski definition) is 3. The zero-order valence-corrected chi connectivity index (χ0v) is 14.5. The zero-order valence-electron chi connectivity index (χ0n) is 14.5. The lowest BCUT2D eigenvalue weighted by molar-refractivity contribution is -0.661. The molecule has 1 atom stereocenters. The van der Waals surface area contributed by atoms with Gasteiger partial charge in [-0.2, -0.15) is 0 Å². The van der Waals surface area contributed by atoms with Crippen LogP contribution in [0.1, 0.15) is 0 Å². The van der Waals surface area contributed by atoms with Crippen LogP contribution in [0.5, 0.6) is 11.5 Å². The van der Waals surface area contributed by atoms with E-state index in [9.17, 15) is 9.50 Å². The molecule has 136 valence electrons. The number of ether oxygens (including phenoxy) is 2. The summed E-state index contributed by atoms with van der Waals surface area (Å²) in [5, 5.41) is 14.2. The van der Waals surface area contributed by atoms with Gasteiger partial charge in [-0.3, -0.25) is 0 Å². The van der Waals surface area contributed by atoms with Crippen LogP contribution in [0.3, 0.4) is 0 Å². The van der Waals surface area contributed by atoms with Crippen LogP contribution in [0.25, 0.3) is 10.8 Å². The average Bonchev–Trinajstić information content (AvgIpc) is 2.67. The van der Waals surface area contributed by atoms with Crippen molar-refractivity contribution in [3.05, 3.63) is 72.5 Å². The maximum Gasteiger partial charge on any atom is 0.165 e. The summed E-state index contributed by atoms with van der Waals surface area (Å²) < 4.78 is 24.4. The Morgan fingerprint density at radius 1 is 0.923 bits per heavy atom. The Bertz CT molecular complexity index is 840. The van der Waals surface area contributed by atoms with Crippen LogP contribution in [0, 0.1) is 5.82 Å². The molecule has 0 amide bonds. The molecular weight excluding hydrogens is 333 g/mol. The van der Waals surface area contributed by atoms with E-state index in [-0.39, 0.29) is 18.2 Å². The van der Waals surface area contributed by atoms with Crippen LogP contribution in [0.4, 0.5) is 4.39 Å². The van der Waals surface area contributed by atoms with Gasteiger partial charge in [0.1, 0.15) is 38.2 Å². The fourth-order valence-corrected chi connectivity index (χ4v) is 2.64. The number of para-hydroxylation sites is 1. The summed E-state index contributed by atoms with van der Waals surface area (Å²) in [6, 6.07) is 20.3. The van der Waals surface area contributed by atoms with E-state index in [2.05, 4.69) is 0 Å². The highest BCUT2D eigenvalue weighted by Crippen LogP contribution is 2.20. The number of halogens is 1. The zero-order chi connectivity index (χ0) is 18.2. The van der Waals surface area contributed by atoms with Crippen LogP contribution in [-0.4, -0.2) is 37.5 Å². The monoisotopic (exact) mass is 356 g/mol. The quantitative estimate of drug-likeness (QED) is 0.579. The summed E-state index contributed by atoms with van der Waals surface area (Å²) in [5.74, 6) is 0.628. The van der Waals surface area contributed by atoms with E-state index in [0.717, 1.165) is 16.5 Å². The Morgan fingerprint density at radius 2 is 1.69 bits per heavy atom. The third-order valence-electron chi connectivity index (χ3n) is 4.02. The Labute approximate surface area is 152 Å². The maximum absolute atomic E-state index is 13.4. The van der Waals surface area contributed by atoms with Gasteiger partial charge >= 0.3 is 0 Å². The minimum atomic E-state index is -0.588. The lowest BCUT2D eigenvalue weighted by atomic mass is 10.1. The fraction of sp³-hybridized carbons (Fsp3) is 0.238. The lowest BCUT2D eigenvalue weighted by Crippen LogP contribution is -2.87. The largest absolute Gasteiger partial charge is 0.491 e. The first-order chi connectivity index (χ1) is 12.7. The van der Waals surface area contributed by atoms with Crippen molar-refractivity contribution < 1.29 is 24.3 Å². The molecule has 3 N–H and O–H groups in total. The second-order valence-corrected chi connectivity index (χ2v) is 6.07. The van der Waals surface area contributed by atoms with Crippen molar-refractivity contribution in [2.45, 2.75) is 6.10 Å². The van der Waals surface area contributed by atoms with Gasteiger partial charge in [-0.25, -0.2) is 4.39 Å². The highest BCUT2D eigenvalue weighted by molar-refractivity contribution is 5.83. The van der Waals surface area contributed by atoms with Gasteiger partial charge in [0.2, 0.25) is 0 Å². The molecule has 3 aromatic carbocycles. The van der Waals surface area contributed by atoms with Crippen molar-refractivity contribution in [1.29, 1.82) is 0 Å². The Hall–Kier alpha value is -2.63. The van der Waals surface area contributed by atoms with Crippen molar-refractivity contribution in [2.24, 2.45) is 0 Å². The van der Waals surface area contributed by atoms with Gasteiger partial charge in [-0.05, 0) is 35.0 Å². The first kappa shape index (κ1) is 18.2. The molecule has 0 aliphatic carbocycles. The minimum Gasteiger partial charge on any atom is -0.491 e. The number of quaternary nitrogens is 1. The van der Waals surface area contributed by atoms with E-state index in [0.29, 0.717) is 19.7 Å². The van der Waals surface area contributed by atoms with E-state index >= 15 is 0 Å². The predicted molar refractivity (Wildman–Crippen MR) is 99.0 cm³/mol. The molecule has 0 fully saturated rings. The molecule has 0 bridgehead atoms. The number of hydrogen-bond donors (Lipinski definition) is 2. The van der Waals surface area contributed by atoms with Crippen molar-refractivity contribution >= 4 is 10.8 Å². The molecule has 5 heteroatoms. The fourth-order valence-electron chi connectivity index (χ4n) is 2.64. The molecule has 0 unspecified atom stereocenters. The number of aliphatic hydroxyl groups excluding tert-OH is 1. The van der Waals surface area contributed by atoms with E-state index in [4.69, 9.17) is 9.47 Å². The van der Waals surface area contributed by atoms with Crippen molar-refractivity contribution in [3.8, 4) is 11.5 Å². The molecule has 3 aromatic rings. The minimum absolute atomic E-state index is 0.225. The molecule has 4 nitrogen and oxygen atoms in total. The van der Waals surface area contributed by atoms with E-state index < -0.39 is 6.10 Å². The molecular formula is C21H23FNO3+. The maximum atomic E-state index is 13.4. The standard InChI is InChI=1S/C21H22FNO3/c22-20-7-3-4-8-21(20)25-12-11-23-14-18(24)15-26-19-10-9-16-5-1-2-6-17(16)13-19/h1-10,13,18,23-24H,11-12,14-15H2/p+1/t18-/m1/s1. The molecule has 0 aromatic heterocycles. The van der Waals surface area contributed by atoms with Crippen LogP contribution >= 0.6 is 0 Å². The smallest absolute Gasteiger partial charge is 0.165 e. The first-order valence-electron chi connectivity index (χ1n) is 8.71. The van der Waals surface area contributed by atoms with Gasteiger partial charge in [-0.1, -0.05) is 42.5 Å². The Balaban J connectivity index is 1.35. The number of rotatable bonds is 9. The van der Waals surface area contributed by atoms with Crippen molar-refractivity contribution in [3.63, 3.8) is 0 Å². The average molecular weight is 356 g/mol. The summed E-state index contributed by atoms with van der Waals surface area (Å²) in [7, 11) is 0. The topological polar surface area (TPSA) is 55.3 Å². The molecule has 0 aliphatic rings. The number of nitrogens with two attached hydrogens (primary N) is 1. The highest BCUT2D eigenvalue weighted by atomic mass is 19.1. The van der Waals surface area contributed by atoms with Gasteiger partial charge in [0, 0.05) is 0 Å². The third kappa shape index (κ3) is 5.18. The normalized spacial score (nSPS) is 12.1. The van der Waals surface area contributed by atoms with E-state index in [1.807, 2.05) is 47.8 Å². The summed E-state index contributed by atoms with van der Waals surface area (Å²) in [4.78, 5) is 0. The number of aliphatic hydroxyl groups is 1. The molecule has 26 heavy (non-hydrogen) atoms. The van der Waals surface area contributed by atoms with Gasteiger partial charge in [0.25, 0.3) is 0 Å². The van der Waals surface area contributed by atoms with Crippen LogP contribution < -0.4 is 14.8 Å². The second-order valence-electron chi connectivity index (χ2n) is 6.07. The summed E-state index contributed by atoms with van der Waals surface area (Å²) in [6.07, 6.45) is -0.588. The summed E-state index contributed by atoms with van der Waals surface area (Å²) in [5.41, 5.74) is 0. The van der Waals surface area contributed by atoms with E-state index in [1.165, 1.54) is 6.07 Å². The third-order valence-corrected chi connectivity index (χ3v) is 4.02. The van der Waals surface area contributed by atoms with Gasteiger partial charge < -0.3 is 19.9 Å².